The molecule has 0 amide bonds. The average molecular weight is 1190 g/mol. The van der Waals surface area contributed by atoms with Crippen LogP contribution in [0.2, 0.25) is 0 Å². The van der Waals surface area contributed by atoms with Crippen LogP contribution in [0.15, 0.2) is 237 Å². The van der Waals surface area contributed by atoms with Gasteiger partial charge in [-0.3, -0.25) is 0 Å². The largest absolute Gasteiger partial charge is 3.00 e. The first-order chi connectivity index (χ1) is 38.4. The summed E-state index contributed by atoms with van der Waals surface area (Å²) in [6, 6.07) is 90.3. The molecule has 3 aromatic heterocycles. The zero-order chi connectivity index (χ0) is 52.3. The van der Waals surface area contributed by atoms with Crippen LogP contribution in [-0.2, 0) is 25.5 Å². The second-order valence-electron chi connectivity index (χ2n) is 21.2. The second kappa shape index (κ2) is 20.5. The zero-order valence-electron chi connectivity index (χ0n) is 44.1. The van der Waals surface area contributed by atoms with Gasteiger partial charge in [0.2, 0.25) is 0 Å². The second-order valence-corrected chi connectivity index (χ2v) is 21.2. The number of fused-ring (bicyclic) bond motifs is 12. The van der Waals surface area contributed by atoms with Crippen LogP contribution in [0.3, 0.4) is 0 Å². The molecule has 0 bridgehead atoms. The molecule has 0 unspecified atom stereocenters. The third-order valence-corrected chi connectivity index (χ3v) is 16.1. The molecule has 3 heterocycles. The number of aromatic nitrogens is 3. The van der Waals surface area contributed by atoms with Gasteiger partial charge in [0, 0.05) is 18.6 Å². The molecular weight excluding hydrogens is 1140 g/mol. The van der Waals surface area contributed by atoms with Crippen LogP contribution < -0.4 is 0 Å². The van der Waals surface area contributed by atoms with Gasteiger partial charge in [-0.15, -0.1) is 77.0 Å². The molecule has 14 aromatic rings. The molecule has 0 radical (unpaired) electrons. The molecule has 376 valence electrons. The van der Waals surface area contributed by atoms with Gasteiger partial charge in [0.05, 0.1) is 0 Å². The van der Waals surface area contributed by atoms with Gasteiger partial charge in [-0.2, -0.15) is 0 Å². The van der Waals surface area contributed by atoms with Gasteiger partial charge < -0.3 is 15.0 Å². The van der Waals surface area contributed by atoms with Crippen molar-refractivity contribution in [3.05, 3.63) is 261 Å². The van der Waals surface area contributed by atoms with Gasteiger partial charge in [-0.25, -0.2) is 0 Å². The van der Waals surface area contributed by atoms with E-state index < -0.39 is 0 Å². The van der Waals surface area contributed by atoms with Gasteiger partial charge >= 0.3 is 20.1 Å². The summed E-state index contributed by atoms with van der Waals surface area (Å²) in [7, 11) is 0. The van der Waals surface area contributed by atoms with Crippen LogP contribution in [0.5, 0.6) is 0 Å². The molecule has 0 atom stereocenters. The van der Waals surface area contributed by atoms with Crippen molar-refractivity contribution in [1.29, 1.82) is 0 Å². The van der Waals surface area contributed by atoms with E-state index in [9.17, 15) is 0 Å². The Morgan fingerprint density at radius 2 is 0.759 bits per heavy atom. The van der Waals surface area contributed by atoms with Gasteiger partial charge in [0.15, 0.2) is 0 Å². The molecule has 0 aliphatic rings. The van der Waals surface area contributed by atoms with Crippen LogP contribution in [0.1, 0.15) is 39.2 Å². The fourth-order valence-electron chi connectivity index (χ4n) is 12.2. The fourth-order valence-corrected chi connectivity index (χ4v) is 12.2. The van der Waals surface area contributed by atoms with Crippen molar-refractivity contribution in [2.24, 2.45) is 0 Å². The van der Waals surface area contributed by atoms with E-state index in [1.807, 2.05) is 30.7 Å². The molecule has 14 rings (SSSR count). The molecule has 0 fully saturated rings. The minimum Gasteiger partial charge on any atom is -0.305 e. The van der Waals surface area contributed by atoms with E-state index in [4.69, 9.17) is 15.0 Å². The molecule has 0 spiro atoms. The van der Waals surface area contributed by atoms with Crippen LogP contribution in [-0.4, -0.2) is 15.0 Å². The number of rotatable bonds is 10. The standard InChI is InChI=1S/C75H52N3.Ir/c1-4-38-75(2,3)55-37-41-76-72(47-55)49-31-29-48(30-32-49)56-17-5-8-20-59(56)52-42-53(60-21-9-6-18-57(60)50-33-35-68-70(45-50)64-25-13-11-23-62(64)66-27-15-39-77-73(66)68)44-54(43-52)61-22-10-7-19-58(61)51-34-36-69-71(46-51)65-26-14-12-24-63(65)67-28-16-40-78-74(67)69;/h5-31,33-34,37,39-47H,4,38H2,1-3H3;/q-3;+3. The average Bonchev–Trinajstić information content (AvgIpc) is 3.69. The predicted octanol–water partition coefficient (Wildman–Crippen LogP) is 19.9. The van der Waals surface area contributed by atoms with E-state index in [0.717, 1.165) is 134 Å². The van der Waals surface area contributed by atoms with Crippen molar-refractivity contribution >= 4 is 64.9 Å². The number of benzene rings is 11. The Balaban J connectivity index is 0.00000591. The Morgan fingerprint density at radius 1 is 0.354 bits per heavy atom. The Bertz CT molecular complexity index is 4380. The van der Waals surface area contributed by atoms with E-state index >= 15 is 0 Å². The van der Waals surface area contributed by atoms with Gasteiger partial charge in [-0.1, -0.05) is 222 Å². The zero-order valence-corrected chi connectivity index (χ0v) is 46.5. The van der Waals surface area contributed by atoms with E-state index in [2.05, 4.69) is 245 Å². The van der Waals surface area contributed by atoms with Crippen LogP contribution in [0.25, 0.3) is 143 Å². The number of pyridine rings is 3. The molecule has 0 aliphatic carbocycles. The maximum atomic E-state index is 4.90. The maximum Gasteiger partial charge on any atom is 3.00 e. The quantitative estimate of drug-likeness (QED) is 0.101. The number of nitrogens with zero attached hydrogens (tertiary/aromatic N) is 3. The summed E-state index contributed by atoms with van der Waals surface area (Å²) in [6.07, 6.45) is 7.95. The number of hydrogen-bond acceptors (Lipinski definition) is 3. The maximum absolute atomic E-state index is 4.90. The van der Waals surface area contributed by atoms with Crippen molar-refractivity contribution in [3.63, 3.8) is 0 Å². The Hall–Kier alpha value is -8.92. The first-order valence-electron chi connectivity index (χ1n) is 27.0. The third-order valence-electron chi connectivity index (χ3n) is 16.1. The Labute approximate surface area is 474 Å². The molecule has 79 heavy (non-hydrogen) atoms. The molecular formula is C75H52IrN3. The molecule has 0 aliphatic heterocycles. The summed E-state index contributed by atoms with van der Waals surface area (Å²) in [4.78, 5) is 14.6. The van der Waals surface area contributed by atoms with E-state index in [1.54, 1.807) is 0 Å². The van der Waals surface area contributed by atoms with Crippen molar-refractivity contribution in [2.75, 3.05) is 0 Å². The minimum atomic E-state index is 0. The van der Waals surface area contributed by atoms with E-state index in [-0.39, 0.29) is 25.5 Å². The van der Waals surface area contributed by atoms with Crippen molar-refractivity contribution in [2.45, 2.75) is 39.0 Å². The van der Waals surface area contributed by atoms with Gasteiger partial charge in [-0.05, 0) is 125 Å². The molecule has 0 N–H and O–H groups in total. The molecule has 0 saturated heterocycles. The summed E-state index contributed by atoms with van der Waals surface area (Å²) in [5.41, 5.74) is 18.6. The van der Waals surface area contributed by atoms with Crippen molar-refractivity contribution in [1.82, 2.24) is 15.0 Å². The predicted molar refractivity (Wildman–Crippen MR) is 327 cm³/mol. The molecule has 0 saturated carbocycles. The topological polar surface area (TPSA) is 38.7 Å². The summed E-state index contributed by atoms with van der Waals surface area (Å²) in [5.74, 6) is 0. The SMILES string of the molecule is CCCC(C)(C)c1ccnc(-c2[c-]cc(-c3ccccc3-c3cc(-c4ccccc4-c4c[c-]c5c(c4)c4ccccc4c4cccnc54)cc(-c4ccccc4-c4c[c-]c5c(c4)c4ccccc4c4cccnc54)c3)cc2)c1.[Ir+3]. The smallest absolute Gasteiger partial charge is 0.305 e. The summed E-state index contributed by atoms with van der Waals surface area (Å²) in [6.45, 7) is 6.90. The molecule has 4 heteroatoms. The molecule has 11 aromatic carbocycles. The van der Waals surface area contributed by atoms with Gasteiger partial charge in [0.1, 0.15) is 0 Å². The Morgan fingerprint density at radius 3 is 1.20 bits per heavy atom. The van der Waals surface area contributed by atoms with E-state index in [1.165, 1.54) is 27.1 Å². The summed E-state index contributed by atoms with van der Waals surface area (Å²) >= 11 is 0. The van der Waals surface area contributed by atoms with Crippen molar-refractivity contribution in [3.8, 4) is 78.0 Å². The van der Waals surface area contributed by atoms with E-state index in [0.29, 0.717) is 0 Å². The van der Waals surface area contributed by atoms with Crippen molar-refractivity contribution < 1.29 is 20.1 Å². The summed E-state index contributed by atoms with van der Waals surface area (Å²) < 4.78 is 0. The van der Waals surface area contributed by atoms with Crippen LogP contribution in [0.4, 0.5) is 0 Å². The van der Waals surface area contributed by atoms with Gasteiger partial charge in [0.25, 0.3) is 0 Å². The fraction of sp³-hybridized carbons (Fsp3) is 0.0800. The minimum absolute atomic E-state index is 0. The normalized spacial score (nSPS) is 11.7. The first-order valence-corrected chi connectivity index (χ1v) is 27.0. The monoisotopic (exact) mass is 1190 g/mol. The summed E-state index contributed by atoms with van der Waals surface area (Å²) in [5, 5.41) is 11.4. The molecule has 3 nitrogen and oxygen atoms in total. The Kier molecular flexibility index (Phi) is 12.9. The first kappa shape index (κ1) is 49.6. The number of hydrogen-bond donors (Lipinski definition) is 0. The van der Waals surface area contributed by atoms with Crippen LogP contribution in [0, 0.1) is 18.2 Å². The van der Waals surface area contributed by atoms with Crippen LogP contribution >= 0.6 is 0 Å². The third kappa shape index (κ3) is 8.79.